The van der Waals surface area contributed by atoms with Crippen molar-refractivity contribution >= 4 is 5.82 Å². The van der Waals surface area contributed by atoms with E-state index >= 15 is 0 Å². The summed E-state index contributed by atoms with van der Waals surface area (Å²) < 4.78 is 0. The molecule has 0 unspecified atom stereocenters. The lowest BCUT2D eigenvalue weighted by atomic mass is 10.1. The molecule has 0 bridgehead atoms. The van der Waals surface area contributed by atoms with Crippen LogP contribution in [-0.4, -0.2) is 16.7 Å². The van der Waals surface area contributed by atoms with Crippen molar-refractivity contribution in [2.45, 2.75) is 33.0 Å². The predicted octanol–water partition coefficient (Wildman–Crippen LogP) is 2.50. The number of rotatable bonds is 5. The number of nitrogens with one attached hydrogen (secondary N) is 1. The van der Waals surface area contributed by atoms with Crippen LogP contribution in [0.15, 0.2) is 36.4 Å². The van der Waals surface area contributed by atoms with Crippen molar-refractivity contribution < 1.29 is 0 Å². The lowest BCUT2D eigenvalue weighted by molar-refractivity contribution is 0.655. The molecule has 1 aliphatic rings. The molecule has 4 nitrogen and oxygen atoms in total. The first-order valence-electron chi connectivity index (χ1n) is 7.22. The Bertz CT molecular complexity index is 540. The van der Waals surface area contributed by atoms with E-state index in [2.05, 4.69) is 63.7 Å². The number of benzene rings is 1. The van der Waals surface area contributed by atoms with Crippen LogP contribution in [-0.2, 0) is 19.6 Å². The third kappa shape index (κ3) is 2.80. The molecule has 0 atom stereocenters. The topological polar surface area (TPSA) is 41.0 Å². The summed E-state index contributed by atoms with van der Waals surface area (Å²) in [4.78, 5) is 2.26. The molecule has 20 heavy (non-hydrogen) atoms. The SMILES string of the molecule is CCCNCc1ccc(N2Cc3ccccc3C2)nn1. The van der Waals surface area contributed by atoms with E-state index in [1.165, 1.54) is 11.1 Å². The highest BCUT2D eigenvalue weighted by molar-refractivity contribution is 5.46. The number of nitrogens with zero attached hydrogens (tertiary/aromatic N) is 3. The summed E-state index contributed by atoms with van der Waals surface area (Å²) in [7, 11) is 0. The quantitative estimate of drug-likeness (QED) is 0.846. The second-order valence-corrected chi connectivity index (χ2v) is 5.18. The third-order valence-electron chi connectivity index (χ3n) is 3.60. The molecule has 1 aromatic carbocycles. The molecule has 2 heterocycles. The highest BCUT2D eigenvalue weighted by atomic mass is 15.3. The van der Waals surface area contributed by atoms with Gasteiger partial charge in [0.1, 0.15) is 0 Å². The number of aromatic nitrogens is 2. The maximum absolute atomic E-state index is 4.36. The Labute approximate surface area is 119 Å². The van der Waals surface area contributed by atoms with Gasteiger partial charge in [-0.1, -0.05) is 31.2 Å². The number of anilines is 1. The van der Waals surface area contributed by atoms with Gasteiger partial charge in [0.2, 0.25) is 0 Å². The summed E-state index contributed by atoms with van der Waals surface area (Å²) in [5.41, 5.74) is 3.78. The lowest BCUT2D eigenvalue weighted by Crippen LogP contribution is -2.18. The molecule has 1 aromatic heterocycles. The van der Waals surface area contributed by atoms with Crippen LogP contribution < -0.4 is 10.2 Å². The van der Waals surface area contributed by atoms with Crippen molar-refractivity contribution in [2.24, 2.45) is 0 Å². The largest absolute Gasteiger partial charge is 0.346 e. The summed E-state index contributed by atoms with van der Waals surface area (Å²) in [5.74, 6) is 0.959. The molecule has 1 N–H and O–H groups in total. The van der Waals surface area contributed by atoms with E-state index in [1.807, 2.05) is 0 Å². The molecule has 0 radical (unpaired) electrons. The summed E-state index contributed by atoms with van der Waals surface area (Å²) in [6.45, 7) is 5.83. The van der Waals surface area contributed by atoms with Crippen molar-refractivity contribution in [3.8, 4) is 0 Å². The predicted molar refractivity (Wildman–Crippen MR) is 80.4 cm³/mol. The zero-order valence-corrected chi connectivity index (χ0v) is 11.8. The molecule has 0 aliphatic carbocycles. The molecule has 0 amide bonds. The fraction of sp³-hybridized carbons (Fsp3) is 0.375. The summed E-state index contributed by atoms with van der Waals surface area (Å²) in [5, 5.41) is 12.0. The molecule has 0 spiro atoms. The monoisotopic (exact) mass is 268 g/mol. The number of hydrogen-bond donors (Lipinski definition) is 1. The van der Waals surface area contributed by atoms with Gasteiger partial charge in [0.15, 0.2) is 5.82 Å². The Hall–Kier alpha value is -1.94. The summed E-state index contributed by atoms with van der Waals surface area (Å²) in [6, 6.07) is 12.7. The van der Waals surface area contributed by atoms with E-state index in [1.54, 1.807) is 0 Å². The molecule has 0 saturated carbocycles. The Morgan fingerprint density at radius 1 is 1.05 bits per heavy atom. The zero-order chi connectivity index (χ0) is 13.8. The number of hydrogen-bond acceptors (Lipinski definition) is 4. The third-order valence-corrected chi connectivity index (χ3v) is 3.60. The van der Waals surface area contributed by atoms with Crippen molar-refractivity contribution in [3.05, 3.63) is 53.2 Å². The van der Waals surface area contributed by atoms with Gasteiger partial charge in [0.05, 0.1) is 5.69 Å². The van der Waals surface area contributed by atoms with Gasteiger partial charge >= 0.3 is 0 Å². The van der Waals surface area contributed by atoms with Crippen molar-refractivity contribution in [3.63, 3.8) is 0 Å². The Kier molecular flexibility index (Phi) is 3.92. The Morgan fingerprint density at radius 3 is 2.40 bits per heavy atom. The number of fused-ring (bicyclic) bond motifs is 1. The minimum absolute atomic E-state index is 0.793. The second kappa shape index (κ2) is 6.01. The first-order chi connectivity index (χ1) is 9.86. The minimum atomic E-state index is 0.793. The Morgan fingerprint density at radius 2 is 1.80 bits per heavy atom. The van der Waals surface area contributed by atoms with Crippen LogP contribution in [0.25, 0.3) is 0 Å². The Balaban J connectivity index is 1.65. The van der Waals surface area contributed by atoms with E-state index in [4.69, 9.17) is 0 Å². The van der Waals surface area contributed by atoms with E-state index in [0.717, 1.165) is 44.1 Å². The van der Waals surface area contributed by atoms with E-state index in [-0.39, 0.29) is 0 Å². The van der Waals surface area contributed by atoms with Gasteiger partial charge in [0, 0.05) is 19.6 Å². The molecule has 104 valence electrons. The molecule has 4 heteroatoms. The second-order valence-electron chi connectivity index (χ2n) is 5.18. The highest BCUT2D eigenvalue weighted by Gasteiger charge is 2.19. The van der Waals surface area contributed by atoms with Crippen LogP contribution in [0.4, 0.5) is 5.82 Å². The van der Waals surface area contributed by atoms with E-state index in [9.17, 15) is 0 Å². The molecule has 2 aromatic rings. The van der Waals surface area contributed by atoms with Gasteiger partial charge in [-0.05, 0) is 36.2 Å². The maximum Gasteiger partial charge on any atom is 0.151 e. The fourth-order valence-electron chi connectivity index (χ4n) is 2.50. The fourth-order valence-corrected chi connectivity index (χ4v) is 2.50. The lowest BCUT2D eigenvalue weighted by Gasteiger charge is -2.15. The zero-order valence-electron chi connectivity index (χ0n) is 11.8. The van der Waals surface area contributed by atoms with Crippen LogP contribution in [0.2, 0.25) is 0 Å². The van der Waals surface area contributed by atoms with Gasteiger partial charge in [-0.2, -0.15) is 5.10 Å². The van der Waals surface area contributed by atoms with Crippen LogP contribution in [0.1, 0.15) is 30.2 Å². The smallest absolute Gasteiger partial charge is 0.151 e. The van der Waals surface area contributed by atoms with Crippen LogP contribution in [0.5, 0.6) is 0 Å². The van der Waals surface area contributed by atoms with Crippen molar-refractivity contribution in [1.82, 2.24) is 15.5 Å². The van der Waals surface area contributed by atoms with Gasteiger partial charge in [-0.3, -0.25) is 0 Å². The first-order valence-corrected chi connectivity index (χ1v) is 7.22. The van der Waals surface area contributed by atoms with Crippen LogP contribution in [0.3, 0.4) is 0 Å². The highest BCUT2D eigenvalue weighted by Crippen LogP contribution is 2.26. The summed E-state index contributed by atoms with van der Waals surface area (Å²) >= 11 is 0. The van der Waals surface area contributed by atoms with Crippen LogP contribution in [0, 0.1) is 0 Å². The van der Waals surface area contributed by atoms with Gasteiger partial charge in [0.25, 0.3) is 0 Å². The van der Waals surface area contributed by atoms with E-state index < -0.39 is 0 Å². The molecular weight excluding hydrogens is 248 g/mol. The molecule has 0 fully saturated rings. The maximum atomic E-state index is 4.36. The van der Waals surface area contributed by atoms with Crippen molar-refractivity contribution in [2.75, 3.05) is 11.4 Å². The average molecular weight is 268 g/mol. The van der Waals surface area contributed by atoms with Gasteiger partial charge < -0.3 is 10.2 Å². The average Bonchev–Trinajstić information content (AvgIpc) is 2.92. The normalized spacial score (nSPS) is 13.6. The van der Waals surface area contributed by atoms with E-state index in [0.29, 0.717) is 0 Å². The van der Waals surface area contributed by atoms with Crippen molar-refractivity contribution in [1.29, 1.82) is 0 Å². The standard InChI is InChI=1S/C16H20N4/c1-2-9-17-10-15-7-8-16(19-18-15)20-11-13-5-3-4-6-14(13)12-20/h3-8,17H,2,9-12H2,1H3. The molecule has 3 rings (SSSR count). The van der Waals surface area contributed by atoms with Gasteiger partial charge in [-0.15, -0.1) is 5.10 Å². The van der Waals surface area contributed by atoms with Gasteiger partial charge in [-0.25, -0.2) is 0 Å². The molecular formula is C16H20N4. The first kappa shape index (κ1) is 13.1. The minimum Gasteiger partial charge on any atom is -0.346 e. The molecule has 1 aliphatic heterocycles. The van der Waals surface area contributed by atoms with Crippen LogP contribution >= 0.6 is 0 Å². The summed E-state index contributed by atoms with van der Waals surface area (Å²) in [6.07, 6.45) is 1.14. The molecule has 0 saturated heterocycles.